The van der Waals surface area contributed by atoms with Crippen LogP contribution in [-0.2, 0) is 4.79 Å². The first kappa shape index (κ1) is 17.3. The maximum Gasteiger partial charge on any atom is 0.258 e. The molecule has 1 atom stereocenters. The molecule has 1 aliphatic heterocycles. The summed E-state index contributed by atoms with van der Waals surface area (Å²) in [7, 11) is 0. The van der Waals surface area contributed by atoms with Gasteiger partial charge in [0, 0.05) is 12.0 Å². The van der Waals surface area contributed by atoms with Crippen LogP contribution in [0, 0.1) is 13.8 Å². The zero-order valence-electron chi connectivity index (χ0n) is 15.3. The van der Waals surface area contributed by atoms with Gasteiger partial charge in [0.1, 0.15) is 17.1 Å². The van der Waals surface area contributed by atoms with E-state index >= 15 is 0 Å². The molecule has 4 heteroatoms. The Morgan fingerprint density at radius 3 is 2.80 bits per heavy atom. The van der Waals surface area contributed by atoms with Gasteiger partial charge >= 0.3 is 0 Å². The highest BCUT2D eigenvalue weighted by Crippen LogP contribution is 2.39. The number of carbonyl (C=O) groups excluding carboxylic acids is 1. The number of fused-ring (bicyclic) bond motifs is 1. The molecule has 0 unspecified atom stereocenters. The molecule has 2 aromatic rings. The van der Waals surface area contributed by atoms with Crippen LogP contribution in [0.15, 0.2) is 42.5 Å². The second-order valence-corrected chi connectivity index (χ2v) is 7.28. The lowest BCUT2D eigenvalue weighted by Crippen LogP contribution is -2.42. The predicted octanol–water partition coefficient (Wildman–Crippen LogP) is 4.10. The Hall–Kier alpha value is -2.49. The average molecular weight is 339 g/mol. The number of aryl methyl sites for hydroxylation is 2. The van der Waals surface area contributed by atoms with E-state index in [9.17, 15) is 4.79 Å². The van der Waals surface area contributed by atoms with E-state index in [4.69, 9.17) is 9.47 Å². The third-order valence-electron chi connectivity index (χ3n) is 4.41. The lowest BCUT2D eigenvalue weighted by Gasteiger charge is -2.37. The zero-order chi connectivity index (χ0) is 18.0. The number of rotatable bonds is 4. The van der Waals surface area contributed by atoms with Crippen LogP contribution in [0.25, 0.3) is 0 Å². The Labute approximate surface area is 149 Å². The van der Waals surface area contributed by atoms with E-state index in [0.29, 0.717) is 0 Å². The minimum absolute atomic E-state index is 0.00421. The molecule has 1 heterocycles. The van der Waals surface area contributed by atoms with Gasteiger partial charge in [-0.1, -0.05) is 30.3 Å². The number of amides is 1. The normalized spacial score (nSPS) is 18.0. The van der Waals surface area contributed by atoms with Crippen molar-refractivity contribution in [1.29, 1.82) is 0 Å². The van der Waals surface area contributed by atoms with Crippen LogP contribution in [0.4, 0.5) is 0 Å². The molecule has 1 aliphatic rings. The highest BCUT2D eigenvalue weighted by Gasteiger charge is 2.34. The van der Waals surface area contributed by atoms with Gasteiger partial charge in [0.05, 0.1) is 6.04 Å². The first-order valence-corrected chi connectivity index (χ1v) is 8.61. The highest BCUT2D eigenvalue weighted by molar-refractivity contribution is 5.78. The van der Waals surface area contributed by atoms with Crippen molar-refractivity contribution in [3.63, 3.8) is 0 Å². The molecule has 4 nitrogen and oxygen atoms in total. The number of nitrogens with one attached hydrogen (secondary N) is 1. The Morgan fingerprint density at radius 2 is 2.00 bits per heavy atom. The molecule has 1 N–H and O–H groups in total. The van der Waals surface area contributed by atoms with Gasteiger partial charge in [-0.05, 0) is 51.0 Å². The maximum absolute atomic E-state index is 12.4. The van der Waals surface area contributed by atoms with E-state index in [1.807, 2.05) is 70.2 Å². The van der Waals surface area contributed by atoms with E-state index in [0.717, 1.165) is 34.6 Å². The standard InChI is InChI=1S/C21H25NO3/c1-14-9-10-15(2)19(11-14)24-13-20(23)22-17-12-21(3,4)25-18-8-6-5-7-16(17)18/h5-11,17H,12-13H2,1-4H3,(H,22,23)/t17-/m1/s1. The molecule has 0 radical (unpaired) electrons. The number of benzene rings is 2. The van der Waals surface area contributed by atoms with Gasteiger partial charge in [0.25, 0.3) is 5.91 Å². The molecule has 2 aromatic carbocycles. The summed E-state index contributed by atoms with van der Waals surface area (Å²) in [6, 6.07) is 13.8. The summed E-state index contributed by atoms with van der Waals surface area (Å²) in [5.74, 6) is 1.46. The molecule has 25 heavy (non-hydrogen) atoms. The molecule has 0 spiro atoms. The number of para-hydroxylation sites is 1. The summed E-state index contributed by atoms with van der Waals surface area (Å²) in [6.07, 6.45) is 0.721. The fourth-order valence-electron chi connectivity index (χ4n) is 3.17. The maximum atomic E-state index is 12.4. The second-order valence-electron chi connectivity index (χ2n) is 7.28. The molecule has 132 valence electrons. The molecule has 0 bridgehead atoms. The van der Waals surface area contributed by atoms with E-state index in [-0.39, 0.29) is 24.2 Å². The molecule has 0 fully saturated rings. The Balaban J connectivity index is 1.67. The third kappa shape index (κ3) is 4.13. The molecule has 0 saturated heterocycles. The van der Waals surface area contributed by atoms with E-state index in [2.05, 4.69) is 5.32 Å². The smallest absolute Gasteiger partial charge is 0.258 e. The number of carbonyl (C=O) groups is 1. The Morgan fingerprint density at radius 1 is 1.24 bits per heavy atom. The van der Waals surface area contributed by atoms with Gasteiger partial charge < -0.3 is 14.8 Å². The van der Waals surface area contributed by atoms with Gasteiger partial charge in [-0.2, -0.15) is 0 Å². The average Bonchev–Trinajstić information content (AvgIpc) is 2.54. The molecule has 3 rings (SSSR count). The van der Waals surface area contributed by atoms with Crippen LogP contribution in [0.1, 0.15) is 43.0 Å². The largest absolute Gasteiger partial charge is 0.487 e. The summed E-state index contributed by atoms with van der Waals surface area (Å²) in [5.41, 5.74) is 2.83. The van der Waals surface area contributed by atoms with Gasteiger partial charge in [0.15, 0.2) is 6.61 Å². The van der Waals surface area contributed by atoms with E-state index < -0.39 is 0 Å². The SMILES string of the molecule is Cc1ccc(C)c(OCC(=O)N[C@@H]2CC(C)(C)Oc3ccccc32)c1. The van der Waals surface area contributed by atoms with Crippen LogP contribution < -0.4 is 14.8 Å². The Bertz CT molecular complexity index is 782. The fraction of sp³-hybridized carbons (Fsp3) is 0.381. The van der Waals surface area contributed by atoms with Crippen molar-refractivity contribution < 1.29 is 14.3 Å². The summed E-state index contributed by atoms with van der Waals surface area (Å²) >= 11 is 0. The van der Waals surface area contributed by atoms with Crippen LogP contribution in [0.5, 0.6) is 11.5 Å². The predicted molar refractivity (Wildman–Crippen MR) is 98.1 cm³/mol. The number of hydrogen-bond donors (Lipinski definition) is 1. The van der Waals surface area contributed by atoms with Crippen molar-refractivity contribution in [3.8, 4) is 11.5 Å². The first-order valence-electron chi connectivity index (χ1n) is 8.61. The van der Waals surface area contributed by atoms with Crippen LogP contribution >= 0.6 is 0 Å². The molecule has 0 saturated carbocycles. The van der Waals surface area contributed by atoms with Crippen molar-refractivity contribution in [2.24, 2.45) is 0 Å². The quantitative estimate of drug-likeness (QED) is 0.912. The lowest BCUT2D eigenvalue weighted by atomic mass is 9.90. The topological polar surface area (TPSA) is 47.6 Å². The van der Waals surface area contributed by atoms with Gasteiger partial charge in [-0.3, -0.25) is 4.79 Å². The summed E-state index contributed by atoms with van der Waals surface area (Å²) in [5, 5.41) is 3.09. The van der Waals surface area contributed by atoms with E-state index in [1.165, 1.54) is 0 Å². The highest BCUT2D eigenvalue weighted by atomic mass is 16.5. The zero-order valence-corrected chi connectivity index (χ0v) is 15.3. The van der Waals surface area contributed by atoms with Crippen molar-refractivity contribution in [3.05, 3.63) is 59.2 Å². The van der Waals surface area contributed by atoms with Crippen molar-refractivity contribution in [2.45, 2.75) is 45.8 Å². The van der Waals surface area contributed by atoms with Crippen LogP contribution in [-0.4, -0.2) is 18.1 Å². The van der Waals surface area contributed by atoms with Crippen molar-refractivity contribution in [2.75, 3.05) is 6.61 Å². The molecule has 0 aliphatic carbocycles. The van der Waals surface area contributed by atoms with Gasteiger partial charge in [-0.15, -0.1) is 0 Å². The number of hydrogen-bond acceptors (Lipinski definition) is 3. The van der Waals surface area contributed by atoms with Crippen molar-refractivity contribution in [1.82, 2.24) is 5.32 Å². The third-order valence-corrected chi connectivity index (χ3v) is 4.41. The lowest BCUT2D eigenvalue weighted by molar-refractivity contribution is -0.124. The Kier molecular flexibility index (Phi) is 4.71. The summed E-state index contributed by atoms with van der Waals surface area (Å²) in [4.78, 5) is 12.4. The molecular formula is C21H25NO3. The summed E-state index contributed by atoms with van der Waals surface area (Å²) < 4.78 is 11.7. The van der Waals surface area contributed by atoms with Gasteiger partial charge in [-0.25, -0.2) is 0 Å². The fourth-order valence-corrected chi connectivity index (χ4v) is 3.17. The monoisotopic (exact) mass is 339 g/mol. The molecular weight excluding hydrogens is 314 g/mol. The van der Waals surface area contributed by atoms with Gasteiger partial charge in [0.2, 0.25) is 0 Å². The van der Waals surface area contributed by atoms with Crippen LogP contribution in [0.2, 0.25) is 0 Å². The number of ether oxygens (including phenoxy) is 2. The molecule has 0 aromatic heterocycles. The molecule has 1 amide bonds. The van der Waals surface area contributed by atoms with Crippen molar-refractivity contribution >= 4 is 5.91 Å². The van der Waals surface area contributed by atoms with Crippen LogP contribution in [0.3, 0.4) is 0 Å². The first-order chi connectivity index (χ1) is 11.8. The second kappa shape index (κ2) is 6.79. The minimum Gasteiger partial charge on any atom is -0.487 e. The summed E-state index contributed by atoms with van der Waals surface area (Å²) in [6.45, 7) is 8.06. The van der Waals surface area contributed by atoms with E-state index in [1.54, 1.807) is 0 Å². The minimum atomic E-state index is -0.319.